The molecule has 0 aromatic heterocycles. The third-order valence-electron chi connectivity index (χ3n) is 0.882. The Morgan fingerprint density at radius 2 is 1.92 bits per heavy atom. The number of hydrogen-bond donors (Lipinski definition) is 2. The molecule has 0 atom stereocenters. The normalized spacial score (nSPS) is 8.31. The van der Waals surface area contributed by atoms with Crippen molar-refractivity contribution in [2.75, 3.05) is 0 Å². The van der Waals surface area contributed by atoms with Gasteiger partial charge in [0.2, 0.25) is 0 Å². The van der Waals surface area contributed by atoms with E-state index in [9.17, 15) is 4.79 Å². The number of rotatable bonds is 2. The number of thiol groups is 2. The Morgan fingerprint density at radius 3 is 2.15 bits per heavy atom. The second-order valence-electron chi connectivity index (χ2n) is 2.26. The molecule has 0 aromatic carbocycles. The van der Waals surface area contributed by atoms with Gasteiger partial charge in [-0.1, -0.05) is 0 Å². The zero-order chi connectivity index (χ0) is 9.72. The first kappa shape index (κ1) is 16.5. The number of ether oxygens (including phenoxy) is 1. The molecule has 0 radical (unpaired) electrons. The summed E-state index contributed by atoms with van der Waals surface area (Å²) < 4.78 is 4.82. The predicted molar refractivity (Wildman–Crippen MR) is 59.0 cm³/mol. The van der Waals surface area contributed by atoms with Gasteiger partial charge in [0.25, 0.3) is 0 Å². The van der Waals surface area contributed by atoms with E-state index in [0.29, 0.717) is 0 Å². The van der Waals surface area contributed by atoms with Crippen molar-refractivity contribution in [3.63, 3.8) is 0 Å². The molecule has 0 aliphatic heterocycles. The SMILES string of the molecule is CC(C)OC(=O)C(C#N)=C(S)S.[KH]. The van der Waals surface area contributed by atoms with Crippen molar-refractivity contribution < 1.29 is 9.53 Å². The fourth-order valence-corrected chi connectivity index (χ4v) is 0.743. The van der Waals surface area contributed by atoms with Crippen molar-refractivity contribution in [3.05, 3.63) is 9.81 Å². The standard InChI is InChI=1S/C7H9NO2S2.K.H/c1-4(2)10-6(9)5(3-8)7(11)12;;/h4,11-12H,1-2H3;;. The molecule has 0 saturated carbocycles. The van der Waals surface area contributed by atoms with E-state index >= 15 is 0 Å². The van der Waals surface area contributed by atoms with Crippen LogP contribution in [0.3, 0.4) is 0 Å². The van der Waals surface area contributed by atoms with Gasteiger partial charge in [-0.2, -0.15) is 5.26 Å². The Labute approximate surface area is 131 Å². The first-order valence-electron chi connectivity index (χ1n) is 3.22. The van der Waals surface area contributed by atoms with Crippen LogP contribution < -0.4 is 0 Å². The number of esters is 1. The Bertz CT molecular complexity index is 254. The average molecular weight is 243 g/mol. The fraction of sp³-hybridized carbons (Fsp3) is 0.429. The van der Waals surface area contributed by atoms with E-state index in [1.165, 1.54) is 0 Å². The minimum absolute atomic E-state index is 0. The van der Waals surface area contributed by atoms with Crippen molar-refractivity contribution in [1.29, 1.82) is 5.26 Å². The molecule has 0 aromatic rings. The summed E-state index contributed by atoms with van der Waals surface area (Å²) in [7, 11) is 0. The first-order chi connectivity index (χ1) is 5.49. The number of nitriles is 1. The molecule has 0 N–H and O–H groups in total. The van der Waals surface area contributed by atoms with Gasteiger partial charge in [-0.3, -0.25) is 0 Å². The fourth-order valence-electron chi connectivity index (χ4n) is 0.460. The Hall–Kier alpha value is 1.04. The van der Waals surface area contributed by atoms with Crippen LogP contribution in [0, 0.1) is 11.3 Å². The summed E-state index contributed by atoms with van der Waals surface area (Å²) >= 11 is 7.51. The minimum atomic E-state index is -0.688. The molecule has 0 fully saturated rings. The van der Waals surface area contributed by atoms with Crippen LogP contribution in [-0.2, 0) is 9.53 Å². The molecule has 0 saturated heterocycles. The van der Waals surface area contributed by atoms with Crippen LogP contribution in [0.1, 0.15) is 13.8 Å². The van der Waals surface area contributed by atoms with Gasteiger partial charge < -0.3 is 4.74 Å². The van der Waals surface area contributed by atoms with Gasteiger partial charge in [0.05, 0.1) is 10.3 Å². The van der Waals surface area contributed by atoms with Gasteiger partial charge in [0.15, 0.2) is 5.57 Å². The zero-order valence-electron chi connectivity index (χ0n) is 6.74. The van der Waals surface area contributed by atoms with E-state index < -0.39 is 5.97 Å². The summed E-state index contributed by atoms with van der Waals surface area (Å²) in [6, 6.07) is 1.66. The second kappa shape index (κ2) is 8.35. The van der Waals surface area contributed by atoms with Crippen LogP contribution in [0.15, 0.2) is 9.81 Å². The maximum atomic E-state index is 11.0. The van der Waals surface area contributed by atoms with E-state index in [4.69, 9.17) is 10.00 Å². The van der Waals surface area contributed by atoms with Crippen LogP contribution in [0.5, 0.6) is 0 Å². The van der Waals surface area contributed by atoms with Gasteiger partial charge >= 0.3 is 57.4 Å². The van der Waals surface area contributed by atoms with Gasteiger partial charge in [0, 0.05) is 0 Å². The Balaban J connectivity index is 0. The third kappa shape index (κ3) is 7.02. The predicted octanol–water partition coefficient (Wildman–Crippen LogP) is 0.884. The molecule has 0 spiro atoms. The molecule has 3 nitrogen and oxygen atoms in total. The molecule has 0 heterocycles. The topological polar surface area (TPSA) is 50.1 Å². The summed E-state index contributed by atoms with van der Waals surface area (Å²) in [5.74, 6) is -0.688. The van der Waals surface area contributed by atoms with Gasteiger partial charge in [-0.05, 0) is 13.8 Å². The van der Waals surface area contributed by atoms with E-state index in [2.05, 4.69) is 25.3 Å². The average Bonchev–Trinajstić information content (AvgIpc) is 1.85. The van der Waals surface area contributed by atoms with Crippen molar-refractivity contribution in [2.45, 2.75) is 20.0 Å². The van der Waals surface area contributed by atoms with Crippen LogP contribution in [0.2, 0.25) is 0 Å². The van der Waals surface area contributed by atoms with Crippen molar-refractivity contribution >= 4 is 82.6 Å². The summed E-state index contributed by atoms with van der Waals surface area (Å²) in [6.07, 6.45) is -0.248. The number of hydrogen-bond acceptors (Lipinski definition) is 5. The maximum absolute atomic E-state index is 11.0. The van der Waals surface area contributed by atoms with Crippen LogP contribution >= 0.6 is 25.3 Å². The molecule has 0 aliphatic rings. The summed E-state index contributed by atoms with van der Waals surface area (Å²) in [5.41, 5.74) is -0.171. The number of nitrogens with zero attached hydrogens (tertiary/aromatic N) is 1. The summed E-state index contributed by atoms with van der Waals surface area (Å²) in [6.45, 7) is 3.40. The molecular formula is C7H10KNO2S2. The molecule has 0 unspecified atom stereocenters. The van der Waals surface area contributed by atoms with Gasteiger partial charge in [-0.25, -0.2) is 4.79 Å². The van der Waals surface area contributed by atoms with E-state index in [1.807, 2.05) is 0 Å². The molecule has 6 heteroatoms. The van der Waals surface area contributed by atoms with Gasteiger partial charge in [-0.15, -0.1) is 25.3 Å². The number of carbonyl (C=O) groups is 1. The third-order valence-corrected chi connectivity index (χ3v) is 1.33. The van der Waals surface area contributed by atoms with Crippen LogP contribution in [0.4, 0.5) is 0 Å². The summed E-state index contributed by atoms with van der Waals surface area (Å²) in [5, 5.41) is 8.47. The van der Waals surface area contributed by atoms with E-state index in [0.717, 1.165) is 0 Å². The molecule has 13 heavy (non-hydrogen) atoms. The Kier molecular flexibility index (Phi) is 10.6. The van der Waals surface area contributed by atoms with Crippen molar-refractivity contribution in [3.8, 4) is 6.07 Å². The van der Waals surface area contributed by atoms with Crippen molar-refractivity contribution in [1.82, 2.24) is 0 Å². The molecule has 68 valence electrons. The van der Waals surface area contributed by atoms with Crippen LogP contribution in [-0.4, -0.2) is 63.5 Å². The quantitative estimate of drug-likeness (QED) is 0.249. The zero-order valence-corrected chi connectivity index (χ0v) is 8.52. The van der Waals surface area contributed by atoms with Crippen molar-refractivity contribution in [2.24, 2.45) is 0 Å². The van der Waals surface area contributed by atoms with E-state index in [-0.39, 0.29) is 67.3 Å². The molecule has 0 aliphatic carbocycles. The summed E-state index contributed by atoms with van der Waals surface area (Å²) in [4.78, 5) is 11.0. The molecule has 0 amide bonds. The monoisotopic (exact) mass is 243 g/mol. The molecular weight excluding hydrogens is 233 g/mol. The number of carbonyl (C=O) groups excluding carboxylic acids is 1. The van der Waals surface area contributed by atoms with Gasteiger partial charge in [0.1, 0.15) is 6.07 Å². The van der Waals surface area contributed by atoms with E-state index in [1.54, 1.807) is 19.9 Å². The van der Waals surface area contributed by atoms with Crippen LogP contribution in [0.25, 0.3) is 0 Å². The first-order valence-corrected chi connectivity index (χ1v) is 4.11. The second-order valence-corrected chi connectivity index (χ2v) is 3.51. The Morgan fingerprint density at radius 1 is 1.46 bits per heavy atom. The molecule has 0 bridgehead atoms. The molecule has 0 rings (SSSR count).